The molecule has 8 N–H and O–H groups in total. The summed E-state index contributed by atoms with van der Waals surface area (Å²) in [5.74, 6) is -4.05. The van der Waals surface area contributed by atoms with Crippen LogP contribution >= 0.6 is 12.8 Å². The van der Waals surface area contributed by atoms with E-state index in [1.54, 1.807) is 31.3 Å². The zero-order chi connectivity index (χ0) is 40.6. The summed E-state index contributed by atoms with van der Waals surface area (Å²) < 4.78 is 12.0. The lowest BCUT2D eigenvalue weighted by atomic mass is 10.0. The molecule has 0 fully saturated rings. The van der Waals surface area contributed by atoms with E-state index in [9.17, 15) is 43.5 Å². The van der Waals surface area contributed by atoms with Gasteiger partial charge >= 0.3 is 0 Å². The number of likely N-dealkylation sites (N-methyl/N-ethyl adjacent to an activating group) is 1. The minimum Gasteiger partial charge on any atom is -0.394 e. The second kappa shape index (κ2) is 26.0. The molecule has 2 rings (SSSR count). The van der Waals surface area contributed by atoms with Gasteiger partial charge in [0.1, 0.15) is 18.7 Å². The molecule has 304 valence electrons. The van der Waals surface area contributed by atoms with Gasteiger partial charge < -0.3 is 46.9 Å². The first-order chi connectivity index (χ1) is 26.3. The summed E-state index contributed by atoms with van der Waals surface area (Å²) in [6.07, 6.45) is 3.76. The number of ether oxygens (including phenoxy) is 2. The Morgan fingerprint density at radius 2 is 1.42 bits per heavy atom. The summed E-state index contributed by atoms with van der Waals surface area (Å²) in [4.78, 5) is 98.1. The maximum Gasteiger partial charge on any atom is 0.253 e. The predicted octanol–water partition coefficient (Wildman–Crippen LogP) is -2.92. The van der Waals surface area contributed by atoms with Crippen LogP contribution in [0.15, 0.2) is 42.5 Å². The van der Waals surface area contributed by atoms with E-state index >= 15 is 0 Å². The van der Waals surface area contributed by atoms with Crippen LogP contribution in [0, 0.1) is 0 Å². The number of hydrogen-bond donors (Lipinski definition) is 8. The van der Waals surface area contributed by atoms with Crippen molar-refractivity contribution >= 4 is 60.1 Å². The van der Waals surface area contributed by atoms with Gasteiger partial charge in [-0.3, -0.25) is 43.3 Å². The largest absolute Gasteiger partial charge is 0.394 e. The SMILES string of the molecule is CN(S)C(CCC(=O)NCCCCNC(=O)C(Cc1ccccc1)NC(=O)C(CO)NC(=O)COCCOCCNC(=O)CCN1C(=O)C=CC1=O)C(N)=O. The van der Waals surface area contributed by atoms with Gasteiger partial charge in [0.15, 0.2) is 0 Å². The minimum absolute atomic E-state index is 0.0147. The number of nitrogens with zero attached hydrogens (tertiary/aromatic N) is 2. The van der Waals surface area contributed by atoms with Gasteiger partial charge in [0.2, 0.25) is 35.4 Å². The number of nitrogens with two attached hydrogens (primary N) is 1. The monoisotopic (exact) mass is 792 g/mol. The van der Waals surface area contributed by atoms with Crippen molar-refractivity contribution in [1.82, 2.24) is 35.8 Å². The Morgan fingerprint density at radius 1 is 0.800 bits per heavy atom. The highest BCUT2D eigenvalue weighted by atomic mass is 32.1. The molecule has 3 atom stereocenters. The molecule has 0 aliphatic carbocycles. The second-order valence-electron chi connectivity index (χ2n) is 12.4. The molecular weight excluding hydrogens is 740 g/mol. The Morgan fingerprint density at radius 3 is 2.05 bits per heavy atom. The van der Waals surface area contributed by atoms with Crippen LogP contribution in [0.4, 0.5) is 0 Å². The molecule has 0 aromatic heterocycles. The number of aliphatic hydroxyl groups is 1. The molecule has 20 heteroatoms. The maximum absolute atomic E-state index is 13.1. The van der Waals surface area contributed by atoms with E-state index < -0.39 is 66.8 Å². The van der Waals surface area contributed by atoms with Gasteiger partial charge in [0, 0.05) is 57.6 Å². The number of imide groups is 1. The smallest absolute Gasteiger partial charge is 0.253 e. The maximum atomic E-state index is 13.1. The fraction of sp³-hybridized carbons (Fsp3) is 0.543. The van der Waals surface area contributed by atoms with Crippen LogP contribution in [-0.4, -0.2) is 146 Å². The molecule has 1 heterocycles. The van der Waals surface area contributed by atoms with Gasteiger partial charge in [0.25, 0.3) is 11.8 Å². The number of rotatable bonds is 28. The normalized spacial score (nSPS) is 13.9. The van der Waals surface area contributed by atoms with Crippen LogP contribution in [0.25, 0.3) is 0 Å². The third kappa shape index (κ3) is 18.8. The Labute approximate surface area is 325 Å². The molecule has 0 saturated heterocycles. The molecule has 0 saturated carbocycles. The van der Waals surface area contributed by atoms with Gasteiger partial charge in [-0.15, -0.1) is 0 Å². The number of amides is 8. The van der Waals surface area contributed by atoms with Gasteiger partial charge in [0.05, 0.1) is 32.5 Å². The van der Waals surface area contributed by atoms with Crippen LogP contribution in [0.5, 0.6) is 0 Å². The van der Waals surface area contributed by atoms with Crippen molar-refractivity contribution in [2.75, 3.05) is 66.3 Å². The van der Waals surface area contributed by atoms with Crippen molar-refractivity contribution < 1.29 is 52.9 Å². The first-order valence-electron chi connectivity index (χ1n) is 17.8. The van der Waals surface area contributed by atoms with E-state index in [0.717, 1.165) is 22.6 Å². The van der Waals surface area contributed by atoms with Crippen molar-refractivity contribution in [2.45, 2.75) is 56.7 Å². The quantitative estimate of drug-likeness (QED) is 0.0241. The van der Waals surface area contributed by atoms with Gasteiger partial charge in [-0.05, 0) is 31.9 Å². The third-order valence-corrected chi connectivity index (χ3v) is 8.31. The van der Waals surface area contributed by atoms with E-state index in [0.29, 0.717) is 19.4 Å². The van der Waals surface area contributed by atoms with Crippen LogP contribution in [0.1, 0.15) is 37.7 Å². The molecular formula is C35H52N8O11S. The van der Waals surface area contributed by atoms with Crippen molar-refractivity contribution in [3.8, 4) is 0 Å². The molecule has 55 heavy (non-hydrogen) atoms. The van der Waals surface area contributed by atoms with Crippen LogP contribution < -0.4 is 32.3 Å². The molecule has 3 unspecified atom stereocenters. The zero-order valence-electron chi connectivity index (χ0n) is 30.8. The van der Waals surface area contributed by atoms with Gasteiger partial charge in [-0.1, -0.05) is 43.1 Å². The number of aliphatic hydroxyl groups excluding tert-OH is 1. The highest BCUT2D eigenvalue weighted by molar-refractivity contribution is 7.77. The van der Waals surface area contributed by atoms with Crippen molar-refractivity contribution in [3.05, 3.63) is 48.0 Å². The number of thiol groups is 1. The van der Waals surface area contributed by atoms with Gasteiger partial charge in [-0.25, -0.2) is 4.31 Å². The number of carbonyl (C=O) groups excluding carboxylic acids is 8. The van der Waals surface area contributed by atoms with Crippen molar-refractivity contribution in [1.29, 1.82) is 0 Å². The third-order valence-electron chi connectivity index (χ3n) is 8.04. The Balaban J connectivity index is 1.68. The zero-order valence-corrected chi connectivity index (χ0v) is 31.7. The average Bonchev–Trinajstić information content (AvgIpc) is 3.47. The lowest BCUT2D eigenvalue weighted by molar-refractivity contribution is -0.137. The minimum atomic E-state index is -1.37. The molecule has 0 bridgehead atoms. The highest BCUT2D eigenvalue weighted by Crippen LogP contribution is 2.08. The van der Waals surface area contributed by atoms with Crippen LogP contribution in [-0.2, 0) is 54.3 Å². The van der Waals surface area contributed by atoms with E-state index in [1.807, 2.05) is 6.07 Å². The Hall–Kier alpha value is -4.89. The molecule has 8 amide bonds. The predicted molar refractivity (Wildman–Crippen MR) is 200 cm³/mol. The first kappa shape index (κ1) is 46.3. The standard InChI is InChI=1S/C35H52N8O11S/c1-42(55)27(33(36)50)9-10-28(45)37-14-5-6-15-39-34(51)25(21-24-7-3-2-4-8-24)41-35(52)26(22-44)40-30(47)23-54-20-19-53-18-16-38-29(46)13-17-43-31(48)11-12-32(43)49/h2-4,7-8,11-12,25-27,44,55H,5-6,9-10,13-23H2,1H3,(H2,36,50)(H,37,45)(H,38,46)(H,39,51)(H,40,47)(H,41,52). The van der Waals surface area contributed by atoms with E-state index in [-0.39, 0.29) is 77.0 Å². The van der Waals surface area contributed by atoms with Gasteiger partial charge in [-0.2, -0.15) is 0 Å². The summed E-state index contributed by atoms with van der Waals surface area (Å²) in [6.45, 7) is -0.188. The van der Waals surface area contributed by atoms with E-state index in [1.165, 1.54) is 4.31 Å². The summed E-state index contributed by atoms with van der Waals surface area (Å²) >= 11 is 4.08. The number of benzene rings is 1. The molecule has 0 spiro atoms. The second-order valence-corrected chi connectivity index (χ2v) is 13.0. The summed E-state index contributed by atoms with van der Waals surface area (Å²) in [6, 6.07) is 5.90. The van der Waals surface area contributed by atoms with E-state index in [4.69, 9.17) is 15.2 Å². The fourth-order valence-corrected chi connectivity index (χ4v) is 5.27. The molecule has 1 aliphatic rings. The van der Waals surface area contributed by atoms with Crippen LogP contribution in [0.3, 0.4) is 0 Å². The highest BCUT2D eigenvalue weighted by Gasteiger charge is 2.27. The van der Waals surface area contributed by atoms with Crippen LogP contribution in [0.2, 0.25) is 0 Å². The molecule has 0 radical (unpaired) electrons. The number of hydrogen-bond acceptors (Lipinski definition) is 13. The number of carbonyl (C=O) groups is 8. The average molecular weight is 793 g/mol. The number of unbranched alkanes of at least 4 members (excludes halogenated alkanes) is 1. The fourth-order valence-electron chi connectivity index (χ4n) is 5.04. The topological polar surface area (TPSA) is 268 Å². The Kier molecular flexibility index (Phi) is 21.9. The first-order valence-corrected chi connectivity index (χ1v) is 18.2. The number of primary amides is 1. The summed E-state index contributed by atoms with van der Waals surface area (Å²) in [5.41, 5.74) is 6.09. The number of nitrogens with one attached hydrogen (secondary N) is 5. The lowest BCUT2D eigenvalue weighted by Crippen LogP contribution is -2.56. The molecule has 1 aliphatic heterocycles. The summed E-state index contributed by atoms with van der Waals surface area (Å²) in [7, 11) is 1.58. The molecule has 19 nitrogen and oxygen atoms in total. The molecule has 1 aromatic carbocycles. The molecule has 1 aromatic rings. The van der Waals surface area contributed by atoms with E-state index in [2.05, 4.69) is 39.4 Å². The lowest BCUT2D eigenvalue weighted by Gasteiger charge is -2.22. The Bertz CT molecular complexity index is 1460. The summed E-state index contributed by atoms with van der Waals surface area (Å²) in [5, 5.41) is 23.0. The van der Waals surface area contributed by atoms with Crippen molar-refractivity contribution in [3.63, 3.8) is 0 Å². The van der Waals surface area contributed by atoms with Crippen molar-refractivity contribution in [2.24, 2.45) is 5.73 Å².